The molecule has 0 aromatic heterocycles. The number of ether oxygens (including phenoxy) is 3. The van der Waals surface area contributed by atoms with Crippen LogP contribution in [0.3, 0.4) is 0 Å². The first-order valence-corrected chi connectivity index (χ1v) is 23.0. The molecule has 0 heterocycles. The van der Waals surface area contributed by atoms with Crippen molar-refractivity contribution in [1.82, 2.24) is 16.0 Å². The highest BCUT2D eigenvalue weighted by Gasteiger charge is 2.31. The lowest BCUT2D eigenvalue weighted by molar-refractivity contribution is -0.459. The number of carbonyl (C=O) groups is 4. The number of amides is 3. The van der Waals surface area contributed by atoms with E-state index >= 15 is 0 Å². The van der Waals surface area contributed by atoms with Crippen LogP contribution >= 0.6 is 0 Å². The molecule has 0 unspecified atom stereocenters. The zero-order valence-electron chi connectivity index (χ0n) is 38.8. The fraction of sp³-hybridized carbons (Fsp3) is 0.500. The predicted molar refractivity (Wildman–Crippen MR) is 253 cm³/mol. The summed E-state index contributed by atoms with van der Waals surface area (Å²) < 4.78 is 18.4. The number of quaternary nitrogens is 1. The molecule has 0 spiro atoms. The Morgan fingerprint density at radius 2 is 1.14 bits per heavy atom. The van der Waals surface area contributed by atoms with E-state index in [-0.39, 0.29) is 31.5 Å². The van der Waals surface area contributed by atoms with Crippen molar-refractivity contribution in [1.29, 1.82) is 0 Å². The van der Waals surface area contributed by atoms with Crippen LogP contribution in [0.15, 0.2) is 72.8 Å². The first kappa shape index (κ1) is 50.8. The molecule has 0 bridgehead atoms. The average Bonchev–Trinajstić information content (AvgIpc) is 3.25. The molecule has 4 aromatic rings. The van der Waals surface area contributed by atoms with Crippen LogP contribution in [0.4, 0.5) is 0 Å². The summed E-state index contributed by atoms with van der Waals surface area (Å²) in [4.78, 5) is 58.0. The maximum atomic E-state index is 14.2. The summed E-state index contributed by atoms with van der Waals surface area (Å²) in [5, 5.41) is 12.6. The molecule has 0 fully saturated rings. The lowest BCUT2D eigenvalue weighted by Gasteiger charge is -2.26. The summed E-state index contributed by atoms with van der Waals surface area (Å²) >= 11 is 0. The topological polar surface area (TPSA) is 226 Å². The number of fused-ring (bicyclic) bond motifs is 2. The second-order valence-corrected chi connectivity index (χ2v) is 17.7. The van der Waals surface area contributed by atoms with Gasteiger partial charge in [-0.2, -0.15) is 0 Å². The molecule has 4 rings (SSSR count). The highest BCUT2D eigenvalue weighted by Crippen LogP contribution is 2.45. The SMILES string of the molecule is CC(C)CCOC(=O)[C@H](CC(C)C)NC(=O)[C@@H](CCC[NH+]=C(N)N)NC(=O)[C@@H](CCCC[NH3+])NC(=O)COc1ccc2ccccc2c1-c1c(OCCC(C)C)ccc2ccccc12. The van der Waals surface area contributed by atoms with Gasteiger partial charge in [-0.15, -0.1) is 0 Å². The molecule has 348 valence electrons. The molecule has 14 nitrogen and oxygen atoms in total. The number of benzene rings is 4. The maximum absolute atomic E-state index is 14.2. The van der Waals surface area contributed by atoms with Gasteiger partial charge in [-0.3, -0.25) is 30.8 Å². The van der Waals surface area contributed by atoms with Gasteiger partial charge in [0.05, 0.1) is 26.3 Å². The van der Waals surface area contributed by atoms with Gasteiger partial charge in [-0.05, 0) is 103 Å². The Labute approximate surface area is 378 Å². The summed E-state index contributed by atoms with van der Waals surface area (Å²) in [5.74, 6) is -0.0241. The second-order valence-electron chi connectivity index (χ2n) is 17.7. The fourth-order valence-corrected chi connectivity index (χ4v) is 7.37. The number of hydrogen-bond donors (Lipinski definition) is 7. The first-order chi connectivity index (χ1) is 30.7. The van der Waals surface area contributed by atoms with E-state index < -0.39 is 41.8 Å². The zero-order valence-corrected chi connectivity index (χ0v) is 38.8. The van der Waals surface area contributed by atoms with Crippen molar-refractivity contribution in [3.63, 3.8) is 0 Å². The summed E-state index contributed by atoms with van der Waals surface area (Å²) in [5.41, 5.74) is 16.8. The van der Waals surface area contributed by atoms with Gasteiger partial charge < -0.3 is 35.9 Å². The van der Waals surface area contributed by atoms with Crippen molar-refractivity contribution < 1.29 is 44.1 Å². The molecule has 0 saturated carbocycles. The molecular formula is C50H73N7O7+2. The van der Waals surface area contributed by atoms with Crippen molar-refractivity contribution in [2.24, 2.45) is 29.2 Å². The van der Waals surface area contributed by atoms with E-state index in [2.05, 4.69) is 58.7 Å². The Balaban J connectivity index is 1.60. The molecule has 0 radical (unpaired) electrons. The largest absolute Gasteiger partial charge is 0.493 e. The maximum Gasteiger partial charge on any atom is 0.338 e. The number of hydrogen-bond acceptors (Lipinski definition) is 7. The summed E-state index contributed by atoms with van der Waals surface area (Å²) in [6, 6.07) is 21.1. The van der Waals surface area contributed by atoms with Gasteiger partial charge in [-0.25, -0.2) is 4.79 Å². The molecule has 11 N–H and O–H groups in total. The number of nitrogens with one attached hydrogen (secondary N) is 4. The highest BCUT2D eigenvalue weighted by molar-refractivity contribution is 6.10. The zero-order chi connectivity index (χ0) is 46.6. The Morgan fingerprint density at radius 3 is 1.70 bits per heavy atom. The smallest absolute Gasteiger partial charge is 0.338 e. The van der Waals surface area contributed by atoms with Gasteiger partial charge in [0.2, 0.25) is 11.8 Å². The van der Waals surface area contributed by atoms with Crippen LogP contribution in [-0.4, -0.2) is 80.7 Å². The van der Waals surface area contributed by atoms with Crippen LogP contribution in [-0.2, 0) is 23.9 Å². The molecule has 14 heteroatoms. The Kier molecular flexibility index (Phi) is 20.6. The molecule has 0 aliphatic heterocycles. The minimum atomic E-state index is -1.05. The number of unbranched alkanes of at least 4 members (excludes halogenated alkanes) is 1. The average molecular weight is 884 g/mol. The fourth-order valence-electron chi connectivity index (χ4n) is 7.37. The van der Waals surface area contributed by atoms with Crippen LogP contribution < -0.4 is 47.6 Å². The van der Waals surface area contributed by atoms with E-state index in [1.807, 2.05) is 82.3 Å². The molecule has 0 aliphatic carbocycles. The summed E-state index contributed by atoms with van der Waals surface area (Å²) in [6.07, 6.45) is 4.15. The summed E-state index contributed by atoms with van der Waals surface area (Å²) in [7, 11) is 0. The standard InChI is InChI=1S/C50H71N7O7/c1-32(2)24-28-62-42-22-20-35-14-7-9-16-37(35)45(42)46-38-17-10-8-15-36(38)21-23-43(46)64-31-44(58)55-39(18-11-12-26-51)47(59)56-40(19-13-27-54-50(52)53)48(60)57-41(30-34(5)6)49(61)63-29-25-33(3)4/h7-10,14-17,20-23,32-34,39-41H,11-13,18-19,24-31,51H2,1-6H3,(H,55,58)(H,56,59)(H,57,60)(H4,52,53,54)/p+2/t39-,40-,41+/m1/s1. The van der Waals surface area contributed by atoms with Crippen LogP contribution in [0, 0.1) is 17.8 Å². The van der Waals surface area contributed by atoms with Crippen molar-refractivity contribution in [3.8, 4) is 22.6 Å². The van der Waals surface area contributed by atoms with Crippen LogP contribution in [0.25, 0.3) is 32.7 Å². The van der Waals surface area contributed by atoms with Gasteiger partial charge in [0.15, 0.2) is 6.61 Å². The van der Waals surface area contributed by atoms with Gasteiger partial charge in [-0.1, -0.05) is 102 Å². The number of guanidine groups is 1. The van der Waals surface area contributed by atoms with Gasteiger partial charge in [0.25, 0.3) is 5.91 Å². The van der Waals surface area contributed by atoms with Crippen LogP contribution in [0.1, 0.15) is 92.9 Å². The third kappa shape index (κ3) is 16.0. The Bertz CT molecular complexity index is 2170. The van der Waals surface area contributed by atoms with Crippen molar-refractivity contribution >= 4 is 51.2 Å². The lowest BCUT2D eigenvalue weighted by Crippen LogP contribution is -2.78. The quantitative estimate of drug-likeness (QED) is 0.0198. The minimum absolute atomic E-state index is 0.0323. The number of esters is 1. The number of rotatable bonds is 27. The van der Waals surface area contributed by atoms with Crippen LogP contribution in [0.2, 0.25) is 0 Å². The van der Waals surface area contributed by atoms with Crippen molar-refractivity contribution in [2.45, 2.75) is 111 Å². The Hall–Kier alpha value is -5.89. The molecule has 3 atom stereocenters. The van der Waals surface area contributed by atoms with E-state index in [9.17, 15) is 19.2 Å². The van der Waals surface area contributed by atoms with Crippen molar-refractivity contribution in [2.75, 3.05) is 32.9 Å². The second kappa shape index (κ2) is 26.0. The highest BCUT2D eigenvalue weighted by atomic mass is 16.5. The van der Waals surface area contributed by atoms with E-state index in [4.69, 9.17) is 25.7 Å². The van der Waals surface area contributed by atoms with E-state index in [0.29, 0.717) is 75.1 Å². The Morgan fingerprint density at radius 1 is 0.609 bits per heavy atom. The minimum Gasteiger partial charge on any atom is -0.493 e. The van der Waals surface area contributed by atoms with E-state index in [1.165, 1.54) is 0 Å². The third-order valence-electron chi connectivity index (χ3n) is 10.9. The monoisotopic (exact) mass is 884 g/mol. The molecule has 3 amide bonds. The number of carbonyl (C=O) groups excluding carboxylic acids is 4. The van der Waals surface area contributed by atoms with Gasteiger partial charge in [0, 0.05) is 11.1 Å². The predicted octanol–water partition coefficient (Wildman–Crippen LogP) is 4.10. The number of nitrogens with two attached hydrogens (primary N) is 2. The van der Waals surface area contributed by atoms with Crippen LogP contribution in [0.5, 0.6) is 11.5 Å². The summed E-state index contributed by atoms with van der Waals surface area (Å²) in [6.45, 7) is 13.7. The molecule has 4 aromatic carbocycles. The van der Waals surface area contributed by atoms with Crippen molar-refractivity contribution in [3.05, 3.63) is 72.8 Å². The molecule has 64 heavy (non-hydrogen) atoms. The molecule has 0 aliphatic rings. The van der Waals surface area contributed by atoms with Gasteiger partial charge in [0.1, 0.15) is 29.6 Å². The van der Waals surface area contributed by atoms with E-state index in [0.717, 1.165) is 45.5 Å². The molecule has 0 saturated heterocycles. The normalized spacial score (nSPS) is 12.8. The first-order valence-electron chi connectivity index (χ1n) is 23.0. The third-order valence-corrected chi connectivity index (χ3v) is 10.9. The molecular weight excluding hydrogens is 811 g/mol. The van der Waals surface area contributed by atoms with Gasteiger partial charge >= 0.3 is 11.9 Å². The lowest BCUT2D eigenvalue weighted by atomic mass is 9.92. The van der Waals surface area contributed by atoms with E-state index in [1.54, 1.807) is 0 Å².